The third kappa shape index (κ3) is 3.86. The van der Waals surface area contributed by atoms with Gasteiger partial charge in [-0.05, 0) is 29.9 Å². The first kappa shape index (κ1) is 15.8. The van der Waals surface area contributed by atoms with Crippen molar-refractivity contribution in [3.8, 4) is 5.75 Å². The fourth-order valence-electron chi connectivity index (χ4n) is 1.68. The van der Waals surface area contributed by atoms with Gasteiger partial charge in [0.1, 0.15) is 17.4 Å². The van der Waals surface area contributed by atoms with E-state index in [1.807, 2.05) is 0 Å². The number of carbonyl (C=O) groups excluding carboxylic acids is 1. The molecule has 0 bridgehead atoms. The first-order valence-electron chi connectivity index (χ1n) is 5.78. The van der Waals surface area contributed by atoms with Gasteiger partial charge in [0.05, 0.1) is 20.3 Å². The zero-order valence-corrected chi connectivity index (χ0v) is 11.8. The summed E-state index contributed by atoms with van der Waals surface area (Å²) in [6, 6.07) is 4.57. The molecule has 0 aliphatic heterocycles. The topological polar surface area (TPSA) is 76.0 Å². The Bertz CT molecular complexity index is 435. The van der Waals surface area contributed by atoms with Crippen LogP contribution in [0.5, 0.6) is 5.75 Å². The number of benzene rings is 1. The Labute approximate surface area is 117 Å². The molecule has 1 aromatic rings. The van der Waals surface area contributed by atoms with Crippen LogP contribution in [0.4, 0.5) is 0 Å². The summed E-state index contributed by atoms with van der Waals surface area (Å²) in [5.74, 6) is 0.241. The van der Waals surface area contributed by atoms with Crippen molar-refractivity contribution in [3.63, 3.8) is 0 Å². The van der Waals surface area contributed by atoms with Crippen LogP contribution in [0.15, 0.2) is 18.2 Å². The molecule has 0 spiro atoms. The van der Waals surface area contributed by atoms with E-state index in [1.54, 1.807) is 6.07 Å². The summed E-state index contributed by atoms with van der Waals surface area (Å²) < 4.78 is 9.71. The van der Waals surface area contributed by atoms with Gasteiger partial charge in [0.15, 0.2) is 0 Å². The predicted molar refractivity (Wildman–Crippen MR) is 73.8 cm³/mol. The van der Waals surface area contributed by atoms with Gasteiger partial charge in [-0.3, -0.25) is 0 Å². The Kier molecular flexibility index (Phi) is 6.14. The number of aliphatic hydroxyl groups is 2. The fourth-order valence-corrected chi connectivity index (χ4v) is 1.95. The van der Waals surface area contributed by atoms with Gasteiger partial charge in [0, 0.05) is 0 Å². The molecule has 0 aromatic heterocycles. The highest BCUT2D eigenvalue weighted by Gasteiger charge is 2.20. The average Bonchev–Trinajstić information content (AvgIpc) is 2.45. The minimum atomic E-state index is -1.05. The minimum Gasteiger partial charge on any atom is -0.496 e. The number of hydrogen-bond acceptors (Lipinski definition) is 6. The van der Waals surface area contributed by atoms with Crippen molar-refractivity contribution in [1.82, 2.24) is 0 Å². The highest BCUT2D eigenvalue weighted by Crippen LogP contribution is 2.27. The number of rotatable bonds is 6. The molecule has 2 unspecified atom stereocenters. The van der Waals surface area contributed by atoms with Crippen molar-refractivity contribution >= 4 is 18.6 Å². The van der Waals surface area contributed by atoms with Gasteiger partial charge < -0.3 is 19.7 Å². The Morgan fingerprint density at radius 2 is 2.05 bits per heavy atom. The number of thiol groups is 1. The SMILES string of the molecule is COC(=O)c1ccc(C(O)C(O)CCS)cc1OC. The molecule has 0 radical (unpaired) electrons. The third-order valence-corrected chi connectivity index (χ3v) is 3.02. The van der Waals surface area contributed by atoms with Crippen molar-refractivity contribution in [2.24, 2.45) is 0 Å². The smallest absolute Gasteiger partial charge is 0.341 e. The molecule has 19 heavy (non-hydrogen) atoms. The third-order valence-electron chi connectivity index (χ3n) is 2.76. The molecule has 0 saturated heterocycles. The highest BCUT2D eigenvalue weighted by molar-refractivity contribution is 7.80. The summed E-state index contributed by atoms with van der Waals surface area (Å²) >= 11 is 4.00. The summed E-state index contributed by atoms with van der Waals surface area (Å²) in [5.41, 5.74) is 0.739. The lowest BCUT2D eigenvalue weighted by molar-refractivity contribution is 0.0171. The van der Waals surface area contributed by atoms with Crippen LogP contribution in [0.25, 0.3) is 0 Å². The van der Waals surface area contributed by atoms with E-state index >= 15 is 0 Å². The first-order valence-corrected chi connectivity index (χ1v) is 6.41. The molecule has 0 fully saturated rings. The Balaban J connectivity index is 3.02. The lowest BCUT2D eigenvalue weighted by Gasteiger charge is -2.18. The van der Waals surface area contributed by atoms with E-state index in [1.165, 1.54) is 26.4 Å². The Morgan fingerprint density at radius 3 is 2.58 bits per heavy atom. The quantitative estimate of drug-likeness (QED) is 0.541. The van der Waals surface area contributed by atoms with Crippen molar-refractivity contribution in [1.29, 1.82) is 0 Å². The van der Waals surface area contributed by atoms with Crippen LogP contribution in [-0.4, -0.2) is 42.3 Å². The average molecular weight is 286 g/mol. The van der Waals surface area contributed by atoms with E-state index in [0.29, 0.717) is 23.5 Å². The van der Waals surface area contributed by atoms with Gasteiger partial charge >= 0.3 is 5.97 Å². The maximum Gasteiger partial charge on any atom is 0.341 e. The van der Waals surface area contributed by atoms with E-state index in [9.17, 15) is 15.0 Å². The normalized spacial score (nSPS) is 13.7. The van der Waals surface area contributed by atoms with E-state index < -0.39 is 18.2 Å². The maximum absolute atomic E-state index is 11.5. The molecule has 0 amide bonds. The molecule has 0 saturated carbocycles. The summed E-state index contributed by atoms with van der Waals surface area (Å²) in [6.45, 7) is 0. The standard InChI is InChI=1S/C13H18O5S/c1-17-11-7-8(12(15)10(14)5-6-19)3-4-9(11)13(16)18-2/h3-4,7,10,12,14-15,19H,5-6H2,1-2H3. The second-order valence-electron chi connectivity index (χ2n) is 3.98. The van der Waals surface area contributed by atoms with Gasteiger partial charge in [-0.2, -0.15) is 12.6 Å². The van der Waals surface area contributed by atoms with Crippen molar-refractivity contribution in [2.75, 3.05) is 20.0 Å². The summed E-state index contributed by atoms with van der Waals surface area (Å²) in [7, 11) is 2.70. The van der Waals surface area contributed by atoms with Gasteiger partial charge in [-0.1, -0.05) is 6.07 Å². The molecule has 5 nitrogen and oxygen atoms in total. The Morgan fingerprint density at radius 1 is 1.37 bits per heavy atom. The largest absolute Gasteiger partial charge is 0.496 e. The summed E-state index contributed by atoms with van der Waals surface area (Å²) in [4.78, 5) is 11.5. The van der Waals surface area contributed by atoms with Crippen molar-refractivity contribution < 1.29 is 24.5 Å². The van der Waals surface area contributed by atoms with E-state index in [0.717, 1.165) is 0 Å². The van der Waals surface area contributed by atoms with Crippen LogP contribution in [0.1, 0.15) is 28.4 Å². The molecule has 0 aliphatic rings. The van der Waals surface area contributed by atoms with E-state index in [2.05, 4.69) is 17.4 Å². The molecular weight excluding hydrogens is 268 g/mol. The van der Waals surface area contributed by atoms with Gasteiger partial charge in [-0.25, -0.2) is 4.79 Å². The van der Waals surface area contributed by atoms with Crippen LogP contribution in [0, 0.1) is 0 Å². The number of hydrogen-bond donors (Lipinski definition) is 3. The predicted octanol–water partition coefficient (Wildman–Crippen LogP) is 1.20. The van der Waals surface area contributed by atoms with Gasteiger partial charge in [0.25, 0.3) is 0 Å². The maximum atomic E-state index is 11.5. The van der Waals surface area contributed by atoms with Crippen LogP contribution in [0.2, 0.25) is 0 Å². The molecule has 106 valence electrons. The number of esters is 1. The van der Waals surface area contributed by atoms with Crippen LogP contribution in [0.3, 0.4) is 0 Å². The number of ether oxygens (including phenoxy) is 2. The van der Waals surface area contributed by atoms with E-state index in [4.69, 9.17) is 4.74 Å². The first-order chi connectivity index (χ1) is 9.04. The molecule has 2 atom stereocenters. The second-order valence-corrected chi connectivity index (χ2v) is 4.42. The van der Waals surface area contributed by atoms with Crippen molar-refractivity contribution in [3.05, 3.63) is 29.3 Å². The van der Waals surface area contributed by atoms with Crippen molar-refractivity contribution in [2.45, 2.75) is 18.6 Å². The van der Waals surface area contributed by atoms with Crippen LogP contribution >= 0.6 is 12.6 Å². The summed E-state index contributed by atoms with van der Waals surface area (Å²) in [5, 5.41) is 19.7. The molecule has 1 rings (SSSR count). The zero-order chi connectivity index (χ0) is 14.4. The van der Waals surface area contributed by atoms with Gasteiger partial charge in [0.2, 0.25) is 0 Å². The van der Waals surface area contributed by atoms with Gasteiger partial charge in [-0.15, -0.1) is 0 Å². The Hall–Kier alpha value is -1.24. The van der Waals surface area contributed by atoms with Crippen LogP contribution < -0.4 is 4.74 Å². The molecular formula is C13H18O5S. The molecule has 0 aliphatic carbocycles. The highest BCUT2D eigenvalue weighted by atomic mass is 32.1. The number of aliphatic hydroxyl groups excluding tert-OH is 2. The molecule has 1 aromatic carbocycles. The number of carbonyl (C=O) groups is 1. The molecule has 6 heteroatoms. The number of methoxy groups -OCH3 is 2. The fraction of sp³-hybridized carbons (Fsp3) is 0.462. The monoisotopic (exact) mass is 286 g/mol. The lowest BCUT2D eigenvalue weighted by atomic mass is 10.0. The van der Waals surface area contributed by atoms with E-state index in [-0.39, 0.29) is 5.56 Å². The minimum absolute atomic E-state index is 0.268. The zero-order valence-electron chi connectivity index (χ0n) is 10.9. The molecule has 2 N–H and O–H groups in total. The lowest BCUT2D eigenvalue weighted by Crippen LogP contribution is -2.19. The van der Waals surface area contributed by atoms with Crippen LogP contribution in [-0.2, 0) is 4.74 Å². The summed E-state index contributed by atoms with van der Waals surface area (Å²) in [6.07, 6.45) is -1.59. The second kappa shape index (κ2) is 7.37. The molecule has 0 heterocycles.